The van der Waals surface area contributed by atoms with Crippen LogP contribution in [0.25, 0.3) is 20.4 Å². The molecule has 2 unspecified atom stereocenters. The van der Waals surface area contributed by atoms with Gasteiger partial charge in [-0.3, -0.25) is 14.4 Å². The fraction of sp³-hybridized carbons (Fsp3) is 0.386. The van der Waals surface area contributed by atoms with Gasteiger partial charge in [0.1, 0.15) is 39.7 Å². The van der Waals surface area contributed by atoms with E-state index in [9.17, 15) is 14.4 Å². The van der Waals surface area contributed by atoms with Crippen molar-refractivity contribution in [1.29, 1.82) is 0 Å². The van der Waals surface area contributed by atoms with Gasteiger partial charge < -0.3 is 16.4 Å². The van der Waals surface area contributed by atoms with Crippen LogP contribution in [0, 0.1) is 17.8 Å². The van der Waals surface area contributed by atoms with Gasteiger partial charge in [-0.1, -0.05) is 49.5 Å². The third kappa shape index (κ3) is 8.31. The van der Waals surface area contributed by atoms with Crippen molar-refractivity contribution in [3.8, 4) is 0 Å². The third-order valence-electron chi connectivity index (χ3n) is 11.5. The van der Waals surface area contributed by atoms with Gasteiger partial charge in [-0.2, -0.15) is 0 Å². The lowest BCUT2D eigenvalue weighted by Gasteiger charge is -2.22. The van der Waals surface area contributed by atoms with Crippen LogP contribution in [-0.4, -0.2) is 42.5 Å². The second-order valence-corrected chi connectivity index (χ2v) is 20.5. The van der Waals surface area contributed by atoms with E-state index in [1.165, 1.54) is 44.4 Å². The number of anilines is 4. The van der Waals surface area contributed by atoms with Crippen molar-refractivity contribution in [3.05, 3.63) is 81.1 Å². The molecule has 4 aromatic heterocycles. The minimum Gasteiger partial charge on any atom is -0.340 e. The number of nitrogens with zero attached hydrogens (tertiary/aromatic N) is 4. The summed E-state index contributed by atoms with van der Waals surface area (Å²) < 4.78 is 0. The highest BCUT2D eigenvalue weighted by molar-refractivity contribution is 8.14. The van der Waals surface area contributed by atoms with Gasteiger partial charge in [-0.15, -0.1) is 22.7 Å². The molecule has 0 amide bonds. The van der Waals surface area contributed by atoms with E-state index in [-0.39, 0.29) is 10.2 Å². The Balaban J connectivity index is 0.000000153. The van der Waals surface area contributed by atoms with Crippen molar-refractivity contribution in [3.63, 3.8) is 0 Å². The lowest BCUT2D eigenvalue weighted by Crippen LogP contribution is -2.21. The summed E-state index contributed by atoms with van der Waals surface area (Å²) in [4.78, 5) is 60.6. The molecule has 6 heterocycles. The number of carbonyl (C=O) groups is 3. The monoisotopic (exact) mass is 847 g/mol. The number of ketones is 1. The highest BCUT2D eigenvalue weighted by Crippen LogP contribution is 2.43. The second kappa shape index (κ2) is 16.8. The van der Waals surface area contributed by atoms with Gasteiger partial charge in [0.25, 0.3) is 0 Å². The molecule has 0 saturated carbocycles. The Labute approximate surface area is 354 Å². The summed E-state index contributed by atoms with van der Waals surface area (Å²) >= 11 is 6.18. The Bertz CT molecular complexity index is 2580. The van der Waals surface area contributed by atoms with Gasteiger partial charge in [0.2, 0.25) is 0 Å². The molecule has 4 N–H and O–H groups in total. The summed E-state index contributed by atoms with van der Waals surface area (Å²) in [5.41, 5.74) is 12.7. The Kier molecular flexibility index (Phi) is 11.4. The first kappa shape index (κ1) is 39.3. The van der Waals surface area contributed by atoms with Crippen LogP contribution in [0.2, 0.25) is 0 Å². The lowest BCUT2D eigenvalue weighted by atomic mass is 9.84. The summed E-state index contributed by atoms with van der Waals surface area (Å²) in [6.45, 7) is 4.96. The highest BCUT2D eigenvalue weighted by Gasteiger charge is 2.28. The average Bonchev–Trinajstić information content (AvgIpc) is 3.97. The smallest absolute Gasteiger partial charge is 0.198 e. The Morgan fingerprint density at radius 1 is 0.759 bits per heavy atom. The molecule has 2 atom stereocenters. The van der Waals surface area contributed by atoms with Crippen LogP contribution in [0.5, 0.6) is 0 Å². The molecule has 2 aromatic carbocycles. The topological polar surface area (TPSA) is 153 Å². The van der Waals surface area contributed by atoms with Crippen LogP contribution < -0.4 is 16.4 Å². The molecule has 10 rings (SSSR count). The first-order chi connectivity index (χ1) is 28.2. The number of aromatic nitrogens is 4. The van der Waals surface area contributed by atoms with E-state index in [0.717, 1.165) is 116 Å². The first-order valence-corrected chi connectivity index (χ1v) is 23.4. The van der Waals surface area contributed by atoms with Crippen molar-refractivity contribution < 1.29 is 14.4 Å². The lowest BCUT2D eigenvalue weighted by molar-refractivity contribution is -0.120. The zero-order valence-corrected chi connectivity index (χ0v) is 35.8. The molecule has 14 heteroatoms. The van der Waals surface area contributed by atoms with E-state index >= 15 is 0 Å². The van der Waals surface area contributed by atoms with E-state index in [1.54, 1.807) is 35.3 Å². The maximum Gasteiger partial charge on any atom is 0.198 e. The van der Waals surface area contributed by atoms with Crippen molar-refractivity contribution in [1.82, 2.24) is 19.9 Å². The molecule has 6 aromatic rings. The van der Waals surface area contributed by atoms with E-state index in [1.807, 2.05) is 36.4 Å². The molecular weight excluding hydrogens is 803 g/mol. The minimum absolute atomic E-state index is 0.203. The molecule has 2 aliphatic heterocycles. The summed E-state index contributed by atoms with van der Waals surface area (Å²) in [6.07, 6.45) is 13.0. The molecule has 0 radical (unpaired) electrons. The van der Waals surface area contributed by atoms with Crippen molar-refractivity contribution in [2.45, 2.75) is 94.3 Å². The van der Waals surface area contributed by atoms with Crippen molar-refractivity contribution >= 4 is 106 Å². The number of carbonyl (C=O) groups excluding carboxylic acids is 3. The SMILES string of the molecule is CC(C)CC(=O)CCC1CCc2c(sc3ncnc(Nc4ccc5c(c4)SC(=O)C5)c23)C1.NCC1CCc2c(sc3ncnc(Nc4ccc5c(c4)SC(=O)C5)c23)C1. The number of aryl methyl sites for hydroxylation is 2. The quantitative estimate of drug-likeness (QED) is 0.120. The van der Waals surface area contributed by atoms with Gasteiger partial charge in [-0.25, -0.2) is 19.9 Å². The summed E-state index contributed by atoms with van der Waals surface area (Å²) in [5, 5.41) is 9.63. The molecule has 0 fully saturated rings. The molecule has 0 bridgehead atoms. The molecule has 298 valence electrons. The number of thiophene rings is 2. The van der Waals surface area contributed by atoms with Gasteiger partial charge >= 0.3 is 0 Å². The summed E-state index contributed by atoms with van der Waals surface area (Å²) in [7, 11) is 0. The van der Waals surface area contributed by atoms with Crippen LogP contribution in [0.15, 0.2) is 58.8 Å². The molecular formula is C44H45N7O3S4. The van der Waals surface area contributed by atoms with Gasteiger partial charge in [-0.05, 0) is 116 Å². The van der Waals surface area contributed by atoms with Gasteiger partial charge in [0.15, 0.2) is 10.2 Å². The summed E-state index contributed by atoms with van der Waals surface area (Å²) in [5.74, 6) is 3.68. The Morgan fingerprint density at radius 3 is 1.79 bits per heavy atom. The Morgan fingerprint density at radius 2 is 1.28 bits per heavy atom. The zero-order valence-electron chi connectivity index (χ0n) is 32.6. The van der Waals surface area contributed by atoms with E-state index < -0.39 is 0 Å². The standard InChI is InChI=1S/C25H27N3O2S2.C19H18N4OS2/c1-14(2)9-18(29)7-3-15-4-8-19-21(10-15)32-25-23(19)24(26-13-27-25)28-17-6-5-16-11-22(30)31-20(16)12-17;20-8-10-1-4-13-15(5-10)26-19-17(13)18(21-9-22-19)23-12-3-2-11-6-16(24)25-14(11)7-12/h5-6,12-15H,3-4,7-11H2,1-2H3,(H,26,27,28);2-3,7,9-10H,1,4-6,8,20H2,(H,21,22,23). The second-order valence-electron chi connectivity index (χ2n) is 16.1. The molecule has 58 heavy (non-hydrogen) atoms. The number of nitrogens with one attached hydrogen (secondary N) is 2. The van der Waals surface area contributed by atoms with Crippen LogP contribution in [-0.2, 0) is 52.9 Å². The minimum atomic E-state index is 0.203. The molecule has 4 aliphatic rings. The number of benzene rings is 2. The number of nitrogens with two attached hydrogens (primary N) is 1. The molecule has 10 nitrogen and oxygen atoms in total. The maximum atomic E-state index is 12.1. The van der Waals surface area contributed by atoms with Crippen molar-refractivity contribution in [2.24, 2.45) is 23.5 Å². The van der Waals surface area contributed by atoms with E-state index in [4.69, 9.17) is 5.73 Å². The van der Waals surface area contributed by atoms with Crippen LogP contribution >= 0.6 is 46.2 Å². The number of rotatable bonds is 10. The third-order valence-corrected chi connectivity index (χ3v) is 15.7. The number of hydrogen-bond acceptors (Lipinski definition) is 14. The maximum absolute atomic E-state index is 12.1. The fourth-order valence-electron chi connectivity index (χ4n) is 8.57. The molecule has 0 saturated heterocycles. The number of hydrogen-bond donors (Lipinski definition) is 3. The fourth-order valence-corrected chi connectivity index (χ4v) is 13.0. The van der Waals surface area contributed by atoms with E-state index in [2.05, 4.69) is 44.4 Å². The van der Waals surface area contributed by atoms with Crippen LogP contribution in [0.4, 0.5) is 23.0 Å². The zero-order chi connectivity index (χ0) is 39.9. The first-order valence-electron chi connectivity index (χ1n) is 20.1. The normalized spacial score (nSPS) is 18.1. The van der Waals surface area contributed by atoms with Crippen LogP contribution in [0.1, 0.15) is 78.0 Å². The molecule has 0 spiro atoms. The van der Waals surface area contributed by atoms with Crippen LogP contribution in [0.3, 0.4) is 0 Å². The number of fused-ring (bicyclic) bond motifs is 8. The average molecular weight is 848 g/mol. The highest BCUT2D eigenvalue weighted by atomic mass is 32.2. The van der Waals surface area contributed by atoms with E-state index in [0.29, 0.717) is 49.2 Å². The molecule has 2 aliphatic carbocycles. The summed E-state index contributed by atoms with van der Waals surface area (Å²) in [6, 6.07) is 12.2. The largest absolute Gasteiger partial charge is 0.340 e. The number of thioether (sulfide) groups is 2. The predicted octanol–water partition coefficient (Wildman–Crippen LogP) is 9.78. The van der Waals surface area contributed by atoms with Crippen molar-refractivity contribution in [2.75, 3.05) is 17.2 Å². The van der Waals surface area contributed by atoms with Gasteiger partial charge in [0, 0.05) is 56.6 Å². The number of Topliss-reactive ketones (excluding diaryl/α,β-unsaturated/α-hetero) is 1. The predicted molar refractivity (Wildman–Crippen MR) is 237 cm³/mol. The Hall–Kier alpha value is -4.21. The van der Waals surface area contributed by atoms with Gasteiger partial charge in [0.05, 0.1) is 10.8 Å².